The molecule has 0 aromatic heterocycles. The molecule has 0 aromatic carbocycles. The van der Waals surface area contributed by atoms with E-state index in [1.165, 1.54) is 70.6 Å². The van der Waals surface area contributed by atoms with Crippen LogP contribution in [-0.4, -0.2) is 46.2 Å². The molecule has 7 heteroatoms. The first-order chi connectivity index (χ1) is 15.3. The van der Waals surface area contributed by atoms with Crippen molar-refractivity contribution < 1.29 is 29.3 Å². The first-order valence-corrected chi connectivity index (χ1v) is 16.3. The molecule has 6 nitrogen and oxygen atoms in total. The Hall–Kier alpha value is -1.05. The van der Waals surface area contributed by atoms with Gasteiger partial charge in [0.15, 0.2) is 0 Å². The number of hydrogen-bond donors (Lipinski definition) is 0. The van der Waals surface area contributed by atoms with E-state index < -0.39 is 17.9 Å². The van der Waals surface area contributed by atoms with Crippen molar-refractivity contribution in [1.29, 1.82) is 0 Å². The normalized spacial score (nSPS) is 9.75. The second-order valence-electron chi connectivity index (χ2n) is 7.58. The van der Waals surface area contributed by atoms with Crippen LogP contribution < -0.4 is 10.2 Å². The van der Waals surface area contributed by atoms with Gasteiger partial charge in [0.2, 0.25) is 0 Å². The second-order valence-corrected chi connectivity index (χ2v) is 11.9. The topological polar surface area (TPSA) is 107 Å². The minimum atomic E-state index is -1.42. The number of unbranched alkanes of at least 4 members (excludes halogenated alkanes) is 10. The molecule has 0 saturated heterocycles. The van der Waals surface area contributed by atoms with Crippen LogP contribution in [0.15, 0.2) is 12.2 Å². The van der Waals surface area contributed by atoms with E-state index in [1.807, 2.05) is 0 Å². The molecule has 0 rings (SSSR count). The molecule has 0 aliphatic rings. The Balaban J connectivity index is -0.000000411. The largest absolute Gasteiger partial charge is 0.545 e. The summed E-state index contributed by atoms with van der Waals surface area (Å²) in [5, 5.41) is 19.7. The minimum Gasteiger partial charge on any atom is -0.545 e. The van der Waals surface area contributed by atoms with Gasteiger partial charge < -0.3 is 24.5 Å². The summed E-state index contributed by atoms with van der Waals surface area (Å²) in [4.78, 5) is 29.8. The zero-order valence-electron chi connectivity index (χ0n) is 20.9. The van der Waals surface area contributed by atoms with Crippen LogP contribution in [-0.2, 0) is 19.1 Å². The van der Waals surface area contributed by atoms with Crippen molar-refractivity contribution in [2.75, 3.05) is 7.11 Å². The fraction of sp³-hybridized carbons (Fsp3) is 0.800. The molecule has 0 heterocycles. The van der Waals surface area contributed by atoms with E-state index >= 15 is 0 Å². The van der Waals surface area contributed by atoms with Crippen LogP contribution >= 0.6 is 0 Å². The molecular weight excluding hydrogens is 515 g/mol. The van der Waals surface area contributed by atoms with Gasteiger partial charge >= 0.3 is 75.5 Å². The van der Waals surface area contributed by atoms with Crippen molar-refractivity contribution >= 4 is 39.1 Å². The average molecular weight is 561 g/mol. The summed E-state index contributed by atoms with van der Waals surface area (Å²) >= 11 is 0.149. The van der Waals surface area contributed by atoms with Gasteiger partial charge in [-0.05, 0) is 18.9 Å². The third-order valence-electron chi connectivity index (χ3n) is 4.46. The molecular formula is C25H46O6Sn. The van der Waals surface area contributed by atoms with E-state index in [0.29, 0.717) is 6.08 Å². The van der Waals surface area contributed by atoms with Gasteiger partial charge in [0.1, 0.15) is 0 Å². The number of methoxy groups -OCH3 is 1. The van der Waals surface area contributed by atoms with Crippen molar-refractivity contribution in [1.82, 2.24) is 0 Å². The van der Waals surface area contributed by atoms with E-state index in [2.05, 4.69) is 25.5 Å². The smallest absolute Gasteiger partial charge is 0.330 e. The van der Waals surface area contributed by atoms with Crippen LogP contribution in [0.4, 0.5) is 0 Å². The zero-order valence-corrected chi connectivity index (χ0v) is 23.8. The van der Waals surface area contributed by atoms with Gasteiger partial charge in [-0.3, -0.25) is 0 Å². The minimum absolute atomic E-state index is 0.149. The Morgan fingerprint density at radius 3 is 1.50 bits per heavy atom. The molecule has 0 aromatic rings. The van der Waals surface area contributed by atoms with Crippen molar-refractivity contribution in [2.45, 2.75) is 120 Å². The number of carbonyl (C=O) groups excluding carboxylic acids is 3. The molecule has 32 heavy (non-hydrogen) atoms. The van der Waals surface area contributed by atoms with Gasteiger partial charge in [-0.25, -0.2) is 4.79 Å². The molecule has 186 valence electrons. The van der Waals surface area contributed by atoms with Crippen LogP contribution in [0, 0.1) is 0 Å². The molecule has 0 saturated carbocycles. The van der Waals surface area contributed by atoms with Crippen molar-refractivity contribution in [3.63, 3.8) is 0 Å². The Labute approximate surface area is 206 Å². The second kappa shape index (κ2) is 32.1. The summed E-state index contributed by atoms with van der Waals surface area (Å²) in [5.74, 6) is -3.03. The summed E-state index contributed by atoms with van der Waals surface area (Å²) in [7, 11) is 1.15. The first kappa shape index (κ1) is 35.5. The van der Waals surface area contributed by atoms with Crippen LogP contribution in [0.2, 0.25) is 8.87 Å². The Bertz CT molecular complexity index is 446. The molecule has 0 aliphatic heterocycles. The Kier molecular flexibility index (Phi) is 35.7. The van der Waals surface area contributed by atoms with Gasteiger partial charge in [0.25, 0.3) is 0 Å². The Morgan fingerprint density at radius 1 is 0.688 bits per heavy atom. The SMILES string of the molecule is CCCCCCCCCCCC(=O)[O-].CCC[CH2][Sn+2][CH2]CCC.COC(=O)/C=C\C(=O)[O-]. The van der Waals surface area contributed by atoms with Crippen LogP contribution in [0.5, 0.6) is 0 Å². The molecule has 0 radical (unpaired) electrons. The number of aliphatic carboxylic acids is 2. The number of carboxylic acids is 2. The number of rotatable bonds is 18. The molecule has 0 amide bonds. The van der Waals surface area contributed by atoms with E-state index in [9.17, 15) is 24.6 Å². The zero-order chi connectivity index (χ0) is 24.9. The van der Waals surface area contributed by atoms with E-state index in [-0.39, 0.29) is 27.6 Å². The van der Waals surface area contributed by atoms with Gasteiger partial charge in [0, 0.05) is 12.0 Å². The first-order valence-electron chi connectivity index (χ1n) is 12.2. The van der Waals surface area contributed by atoms with Gasteiger partial charge in [0.05, 0.1) is 13.1 Å². The third kappa shape index (κ3) is 42.9. The van der Waals surface area contributed by atoms with E-state index in [1.54, 1.807) is 8.87 Å². The summed E-state index contributed by atoms with van der Waals surface area (Å²) < 4.78 is 7.33. The average Bonchev–Trinajstić information content (AvgIpc) is 2.77. The quantitative estimate of drug-likeness (QED) is 0.107. The predicted octanol–water partition coefficient (Wildman–Crippen LogP) is 4.25. The van der Waals surface area contributed by atoms with Crippen molar-refractivity contribution in [3.8, 4) is 0 Å². The maximum atomic E-state index is 10.1. The van der Waals surface area contributed by atoms with E-state index in [4.69, 9.17) is 0 Å². The van der Waals surface area contributed by atoms with Crippen molar-refractivity contribution in [2.24, 2.45) is 0 Å². The molecule has 0 unspecified atom stereocenters. The standard InChI is InChI=1S/C12H24O2.C5H6O4.2C4H9.Sn/c1-2-3-4-5-6-7-8-9-10-11-12(13)14;1-9-5(8)3-2-4(6)7;2*1-3-4-2;/h2-11H2,1H3,(H,13,14);2-3H,1H3,(H,6,7);2*1,3-4H2,2H3;/q;;;;+2/p-2/b;3-2-;;;. The van der Waals surface area contributed by atoms with Crippen molar-refractivity contribution in [3.05, 3.63) is 12.2 Å². The number of esters is 1. The molecule has 0 bridgehead atoms. The summed E-state index contributed by atoms with van der Waals surface area (Å²) in [6.07, 6.45) is 18.4. The van der Waals surface area contributed by atoms with Crippen LogP contribution in [0.25, 0.3) is 0 Å². The van der Waals surface area contributed by atoms with Gasteiger partial charge in [-0.2, -0.15) is 0 Å². The summed E-state index contributed by atoms with van der Waals surface area (Å²) in [6, 6.07) is 0. The maximum absolute atomic E-state index is 10.1. The fourth-order valence-electron chi connectivity index (χ4n) is 2.51. The summed E-state index contributed by atoms with van der Waals surface area (Å²) in [5.41, 5.74) is 0. The molecule has 0 N–H and O–H groups in total. The van der Waals surface area contributed by atoms with Crippen LogP contribution in [0.3, 0.4) is 0 Å². The number of carboxylic acid groups (broad SMARTS) is 2. The number of carbonyl (C=O) groups is 3. The molecule has 0 aliphatic carbocycles. The monoisotopic (exact) mass is 562 g/mol. The van der Waals surface area contributed by atoms with Gasteiger partial charge in [-0.15, -0.1) is 0 Å². The molecule has 0 fully saturated rings. The molecule has 0 atom stereocenters. The number of ether oxygens (including phenoxy) is 1. The molecule has 0 spiro atoms. The summed E-state index contributed by atoms with van der Waals surface area (Å²) in [6.45, 7) is 6.80. The Morgan fingerprint density at radius 2 is 1.12 bits per heavy atom. The maximum Gasteiger partial charge on any atom is 0.330 e. The third-order valence-corrected chi connectivity index (χ3v) is 8.49. The van der Waals surface area contributed by atoms with Crippen LogP contribution in [0.1, 0.15) is 111 Å². The fourth-order valence-corrected chi connectivity index (χ4v) is 6.67. The number of hydrogen-bond acceptors (Lipinski definition) is 6. The van der Waals surface area contributed by atoms with Gasteiger partial charge in [-0.1, -0.05) is 58.3 Å². The predicted molar refractivity (Wildman–Crippen MR) is 128 cm³/mol. The van der Waals surface area contributed by atoms with E-state index in [0.717, 1.165) is 26.0 Å².